The maximum atomic E-state index is 13.7. The van der Waals surface area contributed by atoms with Gasteiger partial charge in [0.1, 0.15) is 11.5 Å². The van der Waals surface area contributed by atoms with E-state index in [4.69, 9.17) is 10.5 Å². The van der Waals surface area contributed by atoms with Gasteiger partial charge in [0.05, 0.1) is 18.6 Å². The molecule has 0 bridgehead atoms. The molecule has 0 saturated carbocycles. The first-order valence-corrected chi connectivity index (χ1v) is 15.2. The highest BCUT2D eigenvalue weighted by atomic mass is 19.4. The Kier molecular flexibility index (Phi) is 12.6. The SMILES string of the molecule is CCCN(CCC)C(=O)C1=CC(C)=CC(C(N)=O)([C@H](Cc2cccc(OC(F)(F)F)c2)[C@@H](O)CNCc2cccc(OC)c2)C1. The fraction of sp³-hybridized carbons (Fsp3) is 0.471. The Morgan fingerprint density at radius 3 is 2.29 bits per heavy atom. The summed E-state index contributed by atoms with van der Waals surface area (Å²) in [5.41, 5.74) is 6.94. The van der Waals surface area contributed by atoms with Gasteiger partial charge in [0.15, 0.2) is 0 Å². The first kappa shape index (κ1) is 35.6. The molecule has 8 nitrogen and oxygen atoms in total. The second-order valence-electron chi connectivity index (χ2n) is 11.5. The van der Waals surface area contributed by atoms with Crippen molar-refractivity contribution in [1.82, 2.24) is 10.2 Å². The van der Waals surface area contributed by atoms with Crippen LogP contribution in [0.1, 0.15) is 51.2 Å². The van der Waals surface area contributed by atoms with Crippen LogP contribution in [0.25, 0.3) is 0 Å². The Hall–Kier alpha value is -3.83. The lowest BCUT2D eigenvalue weighted by Gasteiger charge is -2.42. The van der Waals surface area contributed by atoms with Crippen LogP contribution in [0.2, 0.25) is 0 Å². The number of alkyl halides is 3. The van der Waals surface area contributed by atoms with Crippen molar-refractivity contribution in [3.05, 3.63) is 83.0 Å². The molecule has 2 aromatic carbocycles. The molecule has 4 N–H and O–H groups in total. The summed E-state index contributed by atoms with van der Waals surface area (Å²) in [4.78, 5) is 28.9. The molecule has 2 amide bonds. The van der Waals surface area contributed by atoms with E-state index in [1.807, 2.05) is 38.1 Å². The average Bonchev–Trinajstić information content (AvgIpc) is 2.98. The zero-order valence-corrected chi connectivity index (χ0v) is 26.3. The van der Waals surface area contributed by atoms with Crippen molar-refractivity contribution in [3.8, 4) is 11.5 Å². The normalized spacial score (nSPS) is 18.0. The molecule has 0 aliphatic heterocycles. The second kappa shape index (κ2) is 15.9. The summed E-state index contributed by atoms with van der Waals surface area (Å²) in [5.74, 6) is -1.60. The van der Waals surface area contributed by atoms with Crippen LogP contribution in [-0.2, 0) is 22.6 Å². The largest absolute Gasteiger partial charge is 0.573 e. The van der Waals surface area contributed by atoms with E-state index in [0.717, 1.165) is 18.4 Å². The van der Waals surface area contributed by atoms with Crippen LogP contribution in [-0.4, -0.2) is 61.0 Å². The number of carbonyl (C=O) groups is 2. The molecule has 0 fully saturated rings. The molecule has 1 aliphatic carbocycles. The maximum absolute atomic E-state index is 13.7. The number of nitrogens with two attached hydrogens (primary N) is 1. The first-order valence-electron chi connectivity index (χ1n) is 15.2. The summed E-state index contributed by atoms with van der Waals surface area (Å²) in [5, 5.41) is 14.9. The van der Waals surface area contributed by atoms with Crippen LogP contribution in [0.15, 0.2) is 71.8 Å². The van der Waals surface area contributed by atoms with Crippen molar-refractivity contribution in [3.63, 3.8) is 0 Å². The predicted molar refractivity (Wildman–Crippen MR) is 166 cm³/mol. The molecule has 3 atom stereocenters. The monoisotopic (exact) mass is 631 g/mol. The van der Waals surface area contributed by atoms with E-state index < -0.39 is 35.5 Å². The highest BCUT2D eigenvalue weighted by molar-refractivity contribution is 5.97. The summed E-state index contributed by atoms with van der Waals surface area (Å²) >= 11 is 0. The van der Waals surface area contributed by atoms with Crippen molar-refractivity contribution in [2.24, 2.45) is 17.1 Å². The lowest BCUT2D eigenvalue weighted by molar-refractivity contribution is -0.274. The third-order valence-corrected chi connectivity index (χ3v) is 7.91. The molecule has 0 spiro atoms. The Balaban J connectivity index is 1.99. The zero-order chi connectivity index (χ0) is 33.2. The third kappa shape index (κ3) is 9.83. The number of benzene rings is 2. The number of allylic oxidation sites excluding steroid dienone is 2. The summed E-state index contributed by atoms with van der Waals surface area (Å²) < 4.78 is 48.4. The fourth-order valence-corrected chi connectivity index (χ4v) is 5.99. The van der Waals surface area contributed by atoms with Gasteiger partial charge in [-0.2, -0.15) is 0 Å². The number of rotatable bonds is 16. The van der Waals surface area contributed by atoms with E-state index in [0.29, 0.717) is 42.1 Å². The number of ether oxygens (including phenoxy) is 2. The molecule has 0 heterocycles. The van der Waals surface area contributed by atoms with Gasteiger partial charge in [-0.3, -0.25) is 9.59 Å². The number of aliphatic hydroxyl groups excluding tert-OH is 1. The van der Waals surface area contributed by atoms with Crippen molar-refractivity contribution in [2.45, 2.75) is 65.5 Å². The van der Waals surface area contributed by atoms with Crippen molar-refractivity contribution < 1.29 is 37.3 Å². The van der Waals surface area contributed by atoms with Gasteiger partial charge in [-0.15, -0.1) is 13.2 Å². The highest BCUT2D eigenvalue weighted by Gasteiger charge is 2.48. The van der Waals surface area contributed by atoms with Gasteiger partial charge in [-0.25, -0.2) is 0 Å². The summed E-state index contributed by atoms with van der Waals surface area (Å²) in [7, 11) is 1.57. The molecule has 0 aromatic heterocycles. The van der Waals surface area contributed by atoms with Crippen LogP contribution < -0.4 is 20.5 Å². The number of primary amides is 1. The molecule has 45 heavy (non-hydrogen) atoms. The Labute approximate surface area is 263 Å². The topological polar surface area (TPSA) is 114 Å². The van der Waals surface area contributed by atoms with Crippen molar-refractivity contribution in [1.29, 1.82) is 0 Å². The van der Waals surface area contributed by atoms with Gasteiger partial charge in [-0.05, 0) is 68.0 Å². The maximum Gasteiger partial charge on any atom is 0.573 e. The summed E-state index contributed by atoms with van der Waals surface area (Å²) in [6.07, 6.45) is -1.21. The van der Waals surface area contributed by atoms with Gasteiger partial charge < -0.3 is 30.5 Å². The second-order valence-corrected chi connectivity index (χ2v) is 11.5. The Bertz CT molecular complexity index is 1370. The Morgan fingerprint density at radius 1 is 1.07 bits per heavy atom. The van der Waals surface area contributed by atoms with Crippen LogP contribution >= 0.6 is 0 Å². The number of carbonyl (C=O) groups excluding carboxylic acids is 2. The Morgan fingerprint density at radius 2 is 1.69 bits per heavy atom. The standard InChI is InChI=1S/C34H44F3N3O5/c1-5-13-40(14-6-2)31(42)26-15-23(3)19-33(20-26,32(38)43)29(18-24-9-7-12-28(16-24)45-34(35,36)37)30(41)22-39-21-25-10-8-11-27(17-25)44-4/h7-12,15-17,19,29-30,39,41H,5-6,13-14,18,20-22H2,1-4H3,(H2,38,43)/t29-,30+,33?/m1/s1. The zero-order valence-electron chi connectivity index (χ0n) is 26.3. The lowest BCUT2D eigenvalue weighted by Crippen LogP contribution is -2.51. The number of amides is 2. The summed E-state index contributed by atoms with van der Waals surface area (Å²) in [6, 6.07) is 12.8. The van der Waals surface area contributed by atoms with Crippen molar-refractivity contribution in [2.75, 3.05) is 26.7 Å². The van der Waals surface area contributed by atoms with Crippen LogP contribution in [0.4, 0.5) is 13.2 Å². The molecule has 0 radical (unpaired) electrons. The van der Waals surface area contributed by atoms with Gasteiger partial charge in [0.2, 0.25) is 11.8 Å². The molecule has 3 rings (SSSR count). The minimum absolute atomic E-state index is 0.0150. The third-order valence-electron chi connectivity index (χ3n) is 7.91. The van der Waals surface area contributed by atoms with E-state index in [2.05, 4.69) is 10.1 Å². The number of halogens is 3. The quantitative estimate of drug-likeness (QED) is 0.232. The van der Waals surface area contributed by atoms with Gasteiger partial charge in [0.25, 0.3) is 0 Å². The molecule has 0 saturated heterocycles. The van der Waals surface area contributed by atoms with Gasteiger partial charge >= 0.3 is 6.36 Å². The highest BCUT2D eigenvalue weighted by Crippen LogP contribution is 2.44. The minimum Gasteiger partial charge on any atom is -0.497 e. The molecule has 1 aliphatic rings. The number of hydrogen-bond acceptors (Lipinski definition) is 6. The number of hydrogen-bond donors (Lipinski definition) is 3. The molecule has 11 heteroatoms. The fourth-order valence-electron chi connectivity index (χ4n) is 5.99. The van der Waals surface area contributed by atoms with Crippen LogP contribution in [0, 0.1) is 11.3 Å². The van der Waals surface area contributed by atoms with E-state index in [1.54, 1.807) is 37.2 Å². The van der Waals surface area contributed by atoms with Crippen LogP contribution in [0.3, 0.4) is 0 Å². The molecular weight excluding hydrogens is 587 g/mol. The molecule has 2 aromatic rings. The number of methoxy groups -OCH3 is 1. The smallest absolute Gasteiger partial charge is 0.497 e. The van der Waals surface area contributed by atoms with E-state index in [1.165, 1.54) is 18.2 Å². The molecule has 1 unspecified atom stereocenters. The number of aliphatic hydroxyl groups is 1. The number of nitrogens with zero attached hydrogens (tertiary/aromatic N) is 1. The first-order chi connectivity index (χ1) is 21.3. The van der Waals surface area contributed by atoms with Gasteiger partial charge in [0, 0.05) is 37.7 Å². The number of nitrogens with one attached hydrogen (secondary N) is 1. The predicted octanol–water partition coefficient (Wildman–Crippen LogP) is 5.30. The molecule has 246 valence electrons. The van der Waals surface area contributed by atoms with E-state index >= 15 is 0 Å². The van der Waals surface area contributed by atoms with Crippen molar-refractivity contribution >= 4 is 11.8 Å². The molecular formula is C34H44F3N3O5. The summed E-state index contributed by atoms with van der Waals surface area (Å²) in [6.45, 7) is 7.22. The average molecular weight is 632 g/mol. The van der Waals surface area contributed by atoms with E-state index in [9.17, 15) is 27.9 Å². The lowest BCUT2D eigenvalue weighted by atomic mass is 9.63. The van der Waals surface area contributed by atoms with Crippen LogP contribution in [0.5, 0.6) is 11.5 Å². The van der Waals surface area contributed by atoms with E-state index in [-0.39, 0.29) is 25.3 Å². The van der Waals surface area contributed by atoms with Gasteiger partial charge in [-0.1, -0.05) is 55.8 Å². The minimum atomic E-state index is -4.89.